The second-order valence-electron chi connectivity index (χ2n) is 7.16. The third-order valence-corrected chi connectivity index (χ3v) is 7.95. The topological polar surface area (TPSA) is 122 Å². The van der Waals surface area contributed by atoms with Crippen molar-refractivity contribution in [2.24, 2.45) is 5.73 Å². The Balaban J connectivity index is 1.59. The van der Waals surface area contributed by atoms with Gasteiger partial charge in [-0.05, 0) is 29.2 Å². The van der Waals surface area contributed by atoms with E-state index in [1.165, 1.54) is 23.8 Å². The van der Waals surface area contributed by atoms with E-state index in [9.17, 15) is 19.5 Å². The summed E-state index contributed by atoms with van der Waals surface area (Å²) in [5.41, 5.74) is 8.12. The van der Waals surface area contributed by atoms with Crippen molar-refractivity contribution in [2.45, 2.75) is 35.6 Å². The van der Waals surface area contributed by atoms with Crippen LogP contribution < -0.4 is 11.1 Å². The molecule has 0 aliphatic carbocycles. The van der Waals surface area contributed by atoms with Crippen molar-refractivity contribution in [3.05, 3.63) is 46.2 Å². The first-order valence-electron chi connectivity index (χ1n) is 9.01. The van der Waals surface area contributed by atoms with Gasteiger partial charge in [0.2, 0.25) is 5.91 Å². The summed E-state index contributed by atoms with van der Waals surface area (Å²) in [7, 11) is 1.32. The maximum absolute atomic E-state index is 13.0. The molecule has 3 aliphatic rings. The zero-order chi connectivity index (χ0) is 20.9. The van der Waals surface area contributed by atoms with Crippen molar-refractivity contribution in [1.29, 1.82) is 0 Å². The number of β-lactam (4-membered cyclic amide) rings is 1. The minimum absolute atomic E-state index is 0.0529. The number of carbonyl (C=O) groups is 3. The Kier molecular flexibility index (Phi) is 5.14. The normalized spacial score (nSPS) is 26.5. The van der Waals surface area contributed by atoms with Crippen molar-refractivity contribution >= 4 is 41.3 Å². The fraction of sp³-hybridized carbons (Fsp3) is 0.421. The lowest BCUT2D eigenvalue weighted by atomic mass is 9.95. The predicted octanol–water partition coefficient (Wildman–Crippen LogP) is 1.17. The molecule has 3 unspecified atom stereocenters. The number of nitrogens with zero attached hydrogens (tertiary/aromatic N) is 1. The number of nitrogens with two attached hydrogens (primary N) is 1. The summed E-state index contributed by atoms with van der Waals surface area (Å²) < 4.78 is 5.45. The van der Waals surface area contributed by atoms with Gasteiger partial charge < -0.3 is 20.9 Å². The summed E-state index contributed by atoms with van der Waals surface area (Å²) in [6.07, 6.45) is 0. The Morgan fingerprint density at radius 2 is 2.14 bits per heavy atom. The van der Waals surface area contributed by atoms with E-state index in [1.54, 1.807) is 18.7 Å². The predicted molar refractivity (Wildman–Crippen MR) is 110 cm³/mol. The number of hydrogen-bond donors (Lipinski definition) is 3. The SMILES string of the molecule is COC1(NC(=O)C(N)c2cccc3c2CSC3)C(=O)N2C(C(=O)O)=C(C)CSC21. The van der Waals surface area contributed by atoms with Crippen LogP contribution in [0.4, 0.5) is 0 Å². The molecule has 1 saturated heterocycles. The van der Waals surface area contributed by atoms with Crippen LogP contribution in [0.25, 0.3) is 0 Å². The molecule has 3 aliphatic heterocycles. The number of rotatable bonds is 5. The average Bonchev–Trinajstić information content (AvgIpc) is 3.19. The zero-order valence-corrected chi connectivity index (χ0v) is 17.6. The summed E-state index contributed by atoms with van der Waals surface area (Å²) in [6, 6.07) is 4.77. The molecule has 4 rings (SSSR count). The van der Waals surface area contributed by atoms with Crippen LogP contribution in [0.15, 0.2) is 29.5 Å². The third-order valence-electron chi connectivity index (χ3n) is 5.49. The van der Waals surface area contributed by atoms with Gasteiger partial charge in [0, 0.05) is 24.4 Å². The van der Waals surface area contributed by atoms with Crippen molar-refractivity contribution in [2.75, 3.05) is 12.9 Å². The van der Waals surface area contributed by atoms with E-state index in [0.717, 1.165) is 28.2 Å². The van der Waals surface area contributed by atoms with Gasteiger partial charge in [-0.1, -0.05) is 18.2 Å². The Labute approximate surface area is 176 Å². The quantitative estimate of drug-likeness (QED) is 0.465. The minimum atomic E-state index is -1.63. The second-order valence-corrected chi connectivity index (χ2v) is 9.21. The van der Waals surface area contributed by atoms with Gasteiger partial charge in [0.05, 0.1) is 0 Å². The molecule has 2 amide bonds. The van der Waals surface area contributed by atoms with E-state index >= 15 is 0 Å². The molecule has 0 saturated carbocycles. The number of fused-ring (bicyclic) bond motifs is 2. The maximum Gasteiger partial charge on any atom is 0.352 e. The number of benzene rings is 1. The fourth-order valence-electron chi connectivity index (χ4n) is 3.96. The number of methoxy groups -OCH3 is 1. The van der Waals surface area contributed by atoms with E-state index < -0.39 is 34.9 Å². The van der Waals surface area contributed by atoms with Gasteiger partial charge in [0.15, 0.2) is 0 Å². The van der Waals surface area contributed by atoms with Gasteiger partial charge in [-0.2, -0.15) is 11.8 Å². The minimum Gasteiger partial charge on any atom is -0.477 e. The first-order valence-corrected chi connectivity index (χ1v) is 11.2. The fourth-order valence-corrected chi connectivity index (χ4v) is 6.49. The first kappa shape index (κ1) is 20.3. The van der Waals surface area contributed by atoms with E-state index in [0.29, 0.717) is 11.3 Å². The Hall–Kier alpha value is -2.01. The van der Waals surface area contributed by atoms with Crippen molar-refractivity contribution in [3.63, 3.8) is 0 Å². The van der Waals surface area contributed by atoms with E-state index in [-0.39, 0.29) is 5.70 Å². The van der Waals surface area contributed by atoms with E-state index in [1.807, 2.05) is 18.2 Å². The second kappa shape index (κ2) is 7.35. The molecule has 0 bridgehead atoms. The molecule has 8 nitrogen and oxygen atoms in total. The number of carbonyl (C=O) groups excluding carboxylic acids is 2. The van der Waals surface area contributed by atoms with Crippen LogP contribution in [0.3, 0.4) is 0 Å². The maximum atomic E-state index is 13.0. The molecule has 3 atom stereocenters. The molecule has 3 heterocycles. The highest BCUT2D eigenvalue weighted by atomic mass is 32.2. The molecule has 10 heteroatoms. The van der Waals surface area contributed by atoms with Crippen LogP contribution >= 0.6 is 23.5 Å². The molecular weight excluding hydrogens is 414 g/mol. The number of aliphatic carboxylic acids is 1. The molecule has 154 valence electrons. The smallest absolute Gasteiger partial charge is 0.352 e. The lowest BCUT2D eigenvalue weighted by molar-refractivity contribution is -0.192. The van der Waals surface area contributed by atoms with E-state index in [2.05, 4.69) is 5.32 Å². The van der Waals surface area contributed by atoms with Crippen molar-refractivity contribution in [1.82, 2.24) is 10.2 Å². The van der Waals surface area contributed by atoms with Gasteiger partial charge in [0.1, 0.15) is 17.1 Å². The number of carboxylic acid groups (broad SMARTS) is 1. The van der Waals surface area contributed by atoms with Crippen molar-refractivity contribution < 1.29 is 24.2 Å². The first-order chi connectivity index (χ1) is 13.8. The largest absolute Gasteiger partial charge is 0.477 e. The average molecular weight is 436 g/mol. The molecule has 4 N–H and O–H groups in total. The lowest BCUT2D eigenvalue weighted by Gasteiger charge is -2.55. The van der Waals surface area contributed by atoms with Gasteiger partial charge in [-0.25, -0.2) is 4.79 Å². The van der Waals surface area contributed by atoms with Crippen LogP contribution in [0.2, 0.25) is 0 Å². The van der Waals surface area contributed by atoms with Gasteiger partial charge in [0.25, 0.3) is 11.6 Å². The van der Waals surface area contributed by atoms with Crippen LogP contribution in [0.5, 0.6) is 0 Å². The monoisotopic (exact) mass is 435 g/mol. The number of ether oxygens (including phenoxy) is 1. The van der Waals surface area contributed by atoms with Crippen molar-refractivity contribution in [3.8, 4) is 0 Å². The number of amides is 2. The number of thioether (sulfide) groups is 2. The molecule has 1 fully saturated rings. The van der Waals surface area contributed by atoms with Gasteiger partial charge in [-0.3, -0.25) is 14.5 Å². The highest BCUT2D eigenvalue weighted by Crippen LogP contribution is 2.46. The number of nitrogens with one attached hydrogen (secondary N) is 1. The molecular formula is C19H21N3O5S2. The molecule has 1 aromatic rings. The van der Waals surface area contributed by atoms with Gasteiger partial charge in [-0.15, -0.1) is 11.8 Å². The van der Waals surface area contributed by atoms with Crippen LogP contribution in [0, 0.1) is 0 Å². The summed E-state index contributed by atoms with van der Waals surface area (Å²) >= 11 is 3.11. The summed E-state index contributed by atoms with van der Waals surface area (Å²) in [5, 5.41) is 11.5. The van der Waals surface area contributed by atoms with Crippen LogP contribution in [-0.2, 0) is 30.6 Å². The Bertz CT molecular complexity index is 950. The van der Waals surface area contributed by atoms with Crippen LogP contribution in [0.1, 0.15) is 29.7 Å². The molecule has 29 heavy (non-hydrogen) atoms. The highest BCUT2D eigenvalue weighted by Gasteiger charge is 2.66. The summed E-state index contributed by atoms with van der Waals surface area (Å²) in [6.45, 7) is 1.68. The number of carboxylic acids is 1. The number of hydrogen-bond acceptors (Lipinski definition) is 7. The summed E-state index contributed by atoms with van der Waals surface area (Å²) in [5.74, 6) is -0.218. The molecule has 0 radical (unpaired) electrons. The highest BCUT2D eigenvalue weighted by molar-refractivity contribution is 8.00. The zero-order valence-electron chi connectivity index (χ0n) is 15.9. The van der Waals surface area contributed by atoms with E-state index in [4.69, 9.17) is 10.5 Å². The lowest BCUT2D eigenvalue weighted by Crippen LogP contribution is -2.81. The molecule has 0 aromatic heterocycles. The Morgan fingerprint density at radius 1 is 1.38 bits per heavy atom. The van der Waals surface area contributed by atoms with Crippen LogP contribution in [-0.4, -0.2) is 51.8 Å². The molecule has 0 spiro atoms. The van der Waals surface area contributed by atoms with Gasteiger partial charge >= 0.3 is 5.97 Å². The Morgan fingerprint density at radius 3 is 2.83 bits per heavy atom. The standard InChI is InChI=1S/C19H21N3O5S2/c1-9-6-29-18-19(27-2,17(26)22(18)14(9)16(24)25)21-15(23)13(20)11-5-3-4-10-7-28-8-12(10)11/h3-5,13,18H,6-8,20H2,1-2H3,(H,21,23)(H,24,25). The third kappa shape index (κ3) is 2.97. The molecule has 1 aromatic carbocycles. The summed E-state index contributed by atoms with van der Waals surface area (Å²) in [4.78, 5) is 38.7.